The van der Waals surface area contributed by atoms with Gasteiger partial charge in [0.2, 0.25) is 0 Å². The summed E-state index contributed by atoms with van der Waals surface area (Å²) in [6, 6.07) is 16.3. The second-order valence-electron chi connectivity index (χ2n) is 13.5. The van der Waals surface area contributed by atoms with E-state index in [2.05, 4.69) is 56.5 Å². The van der Waals surface area contributed by atoms with E-state index in [1.807, 2.05) is 44.2 Å². The molecule has 1 fully saturated rings. The van der Waals surface area contributed by atoms with Gasteiger partial charge in [0.15, 0.2) is 26.8 Å². The fourth-order valence-electron chi connectivity index (χ4n) is 5.02. The van der Waals surface area contributed by atoms with Crippen molar-refractivity contribution in [3.05, 3.63) is 78.1 Å². The fourth-order valence-corrected chi connectivity index (χ4v) is 8.42. The van der Waals surface area contributed by atoms with Crippen LogP contribution >= 0.6 is 22.6 Å². The van der Waals surface area contributed by atoms with Crippen LogP contribution in [0.3, 0.4) is 0 Å². The lowest BCUT2D eigenvalue weighted by molar-refractivity contribution is -0.268. The van der Waals surface area contributed by atoms with Crippen molar-refractivity contribution in [3.8, 4) is 0 Å². The van der Waals surface area contributed by atoms with E-state index in [9.17, 15) is 13.2 Å². The standard InChI is InChI=1S/C34H47IO10SSi/c1-22-14-16-26(17-15-22)46(37,38)41-21-28-31(43-24(3)36)27(18-19-39-28)44-33-29(35)32(45-47(7,8)34(4,5)6)30(23(2)42-33)40-20-25-12-10-9-11-13-25/h9-19,23,27-33H,20-21H2,1-8H3/t23-,27-,28-,29+,30-,31+,32-,33-/m1/s1. The quantitative estimate of drug-likeness (QED) is 0.0780. The number of halogens is 1. The largest absolute Gasteiger partial charge is 0.492 e. The van der Waals surface area contributed by atoms with E-state index in [4.69, 9.17) is 32.3 Å². The first kappa shape index (κ1) is 38.0. The summed E-state index contributed by atoms with van der Waals surface area (Å²) >= 11 is 2.30. The predicted molar refractivity (Wildman–Crippen MR) is 188 cm³/mol. The molecule has 0 N–H and O–H groups in total. The van der Waals surface area contributed by atoms with Crippen LogP contribution in [0.1, 0.15) is 45.7 Å². The maximum absolute atomic E-state index is 12.9. The molecule has 2 aromatic carbocycles. The molecule has 1 saturated heterocycles. The average molecular weight is 803 g/mol. The molecule has 10 nitrogen and oxygen atoms in total. The molecular weight excluding hydrogens is 755 g/mol. The van der Waals surface area contributed by atoms with Crippen LogP contribution in [0.4, 0.5) is 0 Å². The van der Waals surface area contributed by atoms with Gasteiger partial charge in [-0.15, -0.1) is 0 Å². The van der Waals surface area contributed by atoms with Gasteiger partial charge in [0.05, 0.1) is 33.9 Å². The van der Waals surface area contributed by atoms with Crippen LogP contribution in [0, 0.1) is 6.92 Å². The lowest BCUT2D eigenvalue weighted by atomic mass is 10.0. The third-order valence-electron chi connectivity index (χ3n) is 8.73. The Labute approximate surface area is 293 Å². The molecule has 8 atom stereocenters. The minimum atomic E-state index is -4.10. The Balaban J connectivity index is 1.53. The van der Waals surface area contributed by atoms with Gasteiger partial charge in [-0.2, -0.15) is 8.42 Å². The molecule has 2 aliphatic heterocycles. The number of alkyl halides is 1. The molecule has 47 heavy (non-hydrogen) atoms. The monoisotopic (exact) mass is 802 g/mol. The summed E-state index contributed by atoms with van der Waals surface area (Å²) in [6.45, 7) is 16.0. The van der Waals surface area contributed by atoms with Gasteiger partial charge in [-0.3, -0.25) is 8.98 Å². The number of ether oxygens (including phenoxy) is 5. The maximum Gasteiger partial charge on any atom is 0.303 e. The molecule has 0 aromatic heterocycles. The molecule has 2 aromatic rings. The Hall–Kier alpha value is -1.85. The lowest BCUT2D eigenvalue weighted by Gasteiger charge is -2.49. The summed E-state index contributed by atoms with van der Waals surface area (Å²) in [4.78, 5) is 12.2. The molecule has 0 amide bonds. The summed E-state index contributed by atoms with van der Waals surface area (Å²) in [7, 11) is -6.37. The van der Waals surface area contributed by atoms with E-state index in [0.717, 1.165) is 11.1 Å². The zero-order valence-electron chi connectivity index (χ0n) is 28.3. The second-order valence-corrected chi connectivity index (χ2v) is 21.3. The van der Waals surface area contributed by atoms with Crippen LogP contribution in [0.25, 0.3) is 0 Å². The SMILES string of the molecule is CC(=O)O[C@H]1[C@H](O[C@H]2O[C@H](C)[C@@H](OCc3ccccc3)[C@H](O[Si](C)(C)C(C)(C)C)[C@@H]2I)C=CO[C@@H]1COS(=O)(=O)c1ccc(C)cc1. The summed E-state index contributed by atoms with van der Waals surface area (Å²) in [5, 5.41) is -0.0543. The van der Waals surface area contributed by atoms with Gasteiger partial charge < -0.3 is 28.1 Å². The van der Waals surface area contributed by atoms with E-state index in [0.29, 0.717) is 6.61 Å². The maximum atomic E-state index is 12.9. The van der Waals surface area contributed by atoms with Crippen LogP contribution in [0.15, 0.2) is 71.8 Å². The van der Waals surface area contributed by atoms with Gasteiger partial charge in [0, 0.05) is 6.92 Å². The van der Waals surface area contributed by atoms with Crippen molar-refractivity contribution in [2.45, 2.75) is 118 Å². The first-order chi connectivity index (χ1) is 22.0. The fraction of sp³-hybridized carbons (Fsp3) is 0.559. The third kappa shape index (κ3) is 9.87. The van der Waals surface area contributed by atoms with E-state index in [-0.39, 0.29) is 26.1 Å². The predicted octanol–water partition coefficient (Wildman–Crippen LogP) is 6.45. The number of hydrogen-bond acceptors (Lipinski definition) is 10. The van der Waals surface area contributed by atoms with Gasteiger partial charge in [-0.25, -0.2) is 0 Å². The highest BCUT2D eigenvalue weighted by Crippen LogP contribution is 2.42. The highest BCUT2D eigenvalue weighted by Gasteiger charge is 2.51. The summed E-state index contributed by atoms with van der Waals surface area (Å²) < 4.78 is 68.7. The molecule has 0 spiro atoms. The molecule has 0 unspecified atom stereocenters. The highest BCUT2D eigenvalue weighted by molar-refractivity contribution is 14.1. The van der Waals surface area contributed by atoms with Gasteiger partial charge in [-0.05, 0) is 55.8 Å². The van der Waals surface area contributed by atoms with Crippen molar-refractivity contribution in [2.24, 2.45) is 0 Å². The summed E-state index contributed by atoms with van der Waals surface area (Å²) in [6.07, 6.45) is -1.71. The van der Waals surface area contributed by atoms with E-state index < -0.39 is 61.7 Å². The van der Waals surface area contributed by atoms with Crippen molar-refractivity contribution < 1.29 is 45.5 Å². The number of carbonyl (C=O) groups is 1. The molecular formula is C34H47IO10SSi. The first-order valence-corrected chi connectivity index (χ1v) is 21.3. The molecule has 0 saturated carbocycles. The first-order valence-electron chi connectivity index (χ1n) is 15.7. The molecule has 13 heteroatoms. The molecule has 0 aliphatic carbocycles. The zero-order valence-corrected chi connectivity index (χ0v) is 32.2. The molecule has 260 valence electrons. The highest BCUT2D eigenvalue weighted by atomic mass is 127. The van der Waals surface area contributed by atoms with Crippen molar-refractivity contribution >= 4 is 47.0 Å². The Morgan fingerprint density at radius 2 is 1.66 bits per heavy atom. The Morgan fingerprint density at radius 1 is 1.00 bits per heavy atom. The molecule has 2 heterocycles. The topological polar surface area (TPSA) is 116 Å². The van der Waals surface area contributed by atoms with Crippen molar-refractivity contribution in [3.63, 3.8) is 0 Å². The van der Waals surface area contributed by atoms with Gasteiger partial charge in [0.25, 0.3) is 10.1 Å². The van der Waals surface area contributed by atoms with E-state index in [1.54, 1.807) is 18.2 Å². The second kappa shape index (κ2) is 15.8. The van der Waals surface area contributed by atoms with Crippen LogP contribution in [-0.4, -0.2) is 76.1 Å². The van der Waals surface area contributed by atoms with E-state index >= 15 is 0 Å². The molecule has 4 rings (SSSR count). The van der Waals surface area contributed by atoms with Gasteiger partial charge in [-0.1, -0.05) is 91.4 Å². The number of benzene rings is 2. The minimum absolute atomic E-state index is 0.0143. The van der Waals surface area contributed by atoms with Gasteiger partial charge in [0.1, 0.15) is 18.8 Å². The molecule has 0 radical (unpaired) electrons. The Kier molecular flexibility index (Phi) is 12.8. The molecule has 2 aliphatic rings. The van der Waals surface area contributed by atoms with Crippen molar-refractivity contribution in [1.29, 1.82) is 0 Å². The minimum Gasteiger partial charge on any atom is -0.492 e. The normalized spacial score (nSPS) is 28.4. The number of aryl methyl sites for hydroxylation is 1. The number of carbonyl (C=O) groups excluding carboxylic acids is 1. The lowest BCUT2D eigenvalue weighted by Crippen LogP contribution is -2.61. The van der Waals surface area contributed by atoms with Crippen LogP contribution < -0.4 is 0 Å². The van der Waals surface area contributed by atoms with Crippen LogP contribution in [0.5, 0.6) is 0 Å². The number of hydrogen-bond donors (Lipinski definition) is 0. The van der Waals surface area contributed by atoms with E-state index in [1.165, 1.54) is 25.3 Å². The zero-order chi connectivity index (χ0) is 34.6. The average Bonchev–Trinajstić information content (AvgIpc) is 2.99. The van der Waals surface area contributed by atoms with Crippen LogP contribution in [-0.2, 0) is 53.8 Å². The number of rotatable bonds is 12. The Morgan fingerprint density at radius 3 is 2.28 bits per heavy atom. The third-order valence-corrected chi connectivity index (χ3v) is 15.8. The van der Waals surface area contributed by atoms with Crippen molar-refractivity contribution in [1.82, 2.24) is 0 Å². The van der Waals surface area contributed by atoms with Crippen molar-refractivity contribution in [2.75, 3.05) is 6.61 Å². The molecule has 0 bridgehead atoms. The Bertz CT molecular complexity index is 1460. The van der Waals surface area contributed by atoms with Crippen LogP contribution in [0.2, 0.25) is 18.1 Å². The summed E-state index contributed by atoms with van der Waals surface area (Å²) in [5.41, 5.74) is 1.96. The van der Waals surface area contributed by atoms with Gasteiger partial charge >= 0.3 is 5.97 Å². The number of esters is 1. The summed E-state index contributed by atoms with van der Waals surface area (Å²) in [5.74, 6) is -0.577. The smallest absolute Gasteiger partial charge is 0.303 e.